The second-order valence-corrected chi connectivity index (χ2v) is 5.82. The Morgan fingerprint density at radius 1 is 1.44 bits per heavy atom. The Morgan fingerprint density at radius 2 is 2.22 bits per heavy atom. The van der Waals surface area contributed by atoms with Crippen molar-refractivity contribution in [1.29, 1.82) is 0 Å². The van der Waals surface area contributed by atoms with Gasteiger partial charge in [0.1, 0.15) is 10.7 Å². The molecule has 2 heterocycles. The first-order valence-electron chi connectivity index (χ1n) is 5.45. The molecule has 0 amide bonds. The summed E-state index contributed by atoms with van der Waals surface area (Å²) < 4.78 is 25.0. The van der Waals surface area contributed by atoms with Crippen LogP contribution in [0.3, 0.4) is 0 Å². The third kappa shape index (κ3) is 2.67. The summed E-state index contributed by atoms with van der Waals surface area (Å²) in [6.45, 7) is 2.72. The number of nitrogens with zero attached hydrogens (tertiary/aromatic N) is 3. The fourth-order valence-electron chi connectivity index (χ4n) is 1.52. The Balaban J connectivity index is 2.35. The summed E-state index contributed by atoms with van der Waals surface area (Å²) in [5, 5.41) is 7.06. The van der Waals surface area contributed by atoms with Crippen LogP contribution in [0.1, 0.15) is 6.92 Å². The normalized spacial score (nSPS) is 11.4. The lowest BCUT2D eigenvalue weighted by Crippen LogP contribution is -2.04. The van der Waals surface area contributed by atoms with Crippen LogP contribution < -0.4 is 5.32 Å². The van der Waals surface area contributed by atoms with Crippen LogP contribution in [0, 0.1) is 0 Å². The first-order valence-corrected chi connectivity index (χ1v) is 7.34. The topological polar surface area (TPSA) is 76.9 Å². The Morgan fingerprint density at radius 3 is 2.83 bits per heavy atom. The molecule has 0 unspecified atom stereocenters. The van der Waals surface area contributed by atoms with Crippen molar-refractivity contribution < 1.29 is 8.42 Å². The molecule has 0 atom stereocenters. The first-order chi connectivity index (χ1) is 8.50. The molecule has 2 aromatic heterocycles. The number of aromatic nitrogens is 3. The van der Waals surface area contributed by atoms with Gasteiger partial charge in [-0.05, 0) is 19.1 Å². The van der Waals surface area contributed by atoms with Gasteiger partial charge in [0.15, 0.2) is 9.84 Å². The first kappa shape index (κ1) is 12.6. The molecule has 0 aromatic carbocycles. The summed E-state index contributed by atoms with van der Waals surface area (Å²) in [6.07, 6.45) is 6.12. The smallest absolute Gasteiger partial charge is 0.179 e. The Bertz CT molecular complexity index is 649. The highest BCUT2D eigenvalue weighted by atomic mass is 32.2. The molecule has 2 rings (SSSR count). The summed E-state index contributed by atoms with van der Waals surface area (Å²) in [7, 11) is -3.30. The number of hydrogen-bond donors (Lipinski definition) is 1. The molecule has 0 aliphatic carbocycles. The van der Waals surface area contributed by atoms with Crippen molar-refractivity contribution in [2.45, 2.75) is 18.4 Å². The molecule has 7 heteroatoms. The molecule has 2 aromatic rings. The standard InChI is InChI=1S/C11H14N4O2S/c1-3-15-8-9(7-13-15)14-11-10(18(2,16)17)5-4-6-12-11/h4-8H,3H2,1-2H3,(H,12,14). The molecule has 18 heavy (non-hydrogen) atoms. The monoisotopic (exact) mass is 266 g/mol. The molecule has 0 aliphatic heterocycles. The van der Waals surface area contributed by atoms with E-state index in [0.29, 0.717) is 11.5 Å². The van der Waals surface area contributed by atoms with Crippen LogP contribution in [0.2, 0.25) is 0 Å². The number of aryl methyl sites for hydroxylation is 1. The Labute approximate surface area is 106 Å². The zero-order valence-electron chi connectivity index (χ0n) is 10.2. The molecule has 0 aliphatic rings. The van der Waals surface area contributed by atoms with Crippen LogP contribution in [-0.2, 0) is 16.4 Å². The molecule has 6 nitrogen and oxygen atoms in total. The summed E-state index contributed by atoms with van der Waals surface area (Å²) in [5.41, 5.74) is 0.709. The van der Waals surface area contributed by atoms with Crippen LogP contribution in [0.15, 0.2) is 35.6 Å². The molecule has 0 saturated carbocycles. The fraction of sp³-hybridized carbons (Fsp3) is 0.273. The lowest BCUT2D eigenvalue weighted by atomic mass is 10.4. The van der Waals surface area contributed by atoms with E-state index in [-0.39, 0.29) is 4.90 Å². The van der Waals surface area contributed by atoms with E-state index in [0.717, 1.165) is 12.8 Å². The summed E-state index contributed by atoms with van der Waals surface area (Å²) in [4.78, 5) is 4.22. The van der Waals surface area contributed by atoms with Crippen molar-refractivity contribution in [1.82, 2.24) is 14.8 Å². The van der Waals surface area contributed by atoms with Crippen molar-refractivity contribution in [3.63, 3.8) is 0 Å². The van der Waals surface area contributed by atoms with Gasteiger partial charge in [-0.2, -0.15) is 5.10 Å². The van der Waals surface area contributed by atoms with E-state index in [9.17, 15) is 8.42 Å². The highest BCUT2D eigenvalue weighted by molar-refractivity contribution is 7.90. The lowest BCUT2D eigenvalue weighted by molar-refractivity contribution is 0.602. The van der Waals surface area contributed by atoms with E-state index in [1.807, 2.05) is 6.92 Å². The van der Waals surface area contributed by atoms with Gasteiger partial charge in [-0.25, -0.2) is 13.4 Å². The molecule has 0 bridgehead atoms. The number of sulfone groups is 1. The highest BCUT2D eigenvalue weighted by Crippen LogP contribution is 2.21. The minimum absolute atomic E-state index is 0.175. The number of hydrogen-bond acceptors (Lipinski definition) is 5. The molecule has 96 valence electrons. The second-order valence-electron chi connectivity index (χ2n) is 3.83. The van der Waals surface area contributed by atoms with Crippen LogP contribution >= 0.6 is 0 Å². The largest absolute Gasteiger partial charge is 0.337 e. The summed E-state index contributed by atoms with van der Waals surface area (Å²) >= 11 is 0. The predicted octanol–water partition coefficient (Wildman–Crippen LogP) is 1.45. The predicted molar refractivity (Wildman–Crippen MR) is 68.5 cm³/mol. The minimum Gasteiger partial charge on any atom is -0.337 e. The second kappa shape index (κ2) is 4.77. The van der Waals surface area contributed by atoms with Crippen molar-refractivity contribution >= 4 is 21.3 Å². The molecule has 0 fully saturated rings. The quantitative estimate of drug-likeness (QED) is 0.906. The minimum atomic E-state index is -3.30. The highest BCUT2D eigenvalue weighted by Gasteiger charge is 2.14. The van der Waals surface area contributed by atoms with Gasteiger partial charge < -0.3 is 5.32 Å². The maximum absolute atomic E-state index is 11.6. The average Bonchev–Trinajstić information content (AvgIpc) is 2.76. The molecule has 0 spiro atoms. The van der Waals surface area contributed by atoms with E-state index in [2.05, 4.69) is 15.4 Å². The van der Waals surface area contributed by atoms with Crippen molar-refractivity contribution in [3.8, 4) is 0 Å². The third-order valence-corrected chi connectivity index (χ3v) is 3.52. The van der Waals surface area contributed by atoms with Gasteiger partial charge in [-0.15, -0.1) is 0 Å². The van der Waals surface area contributed by atoms with Gasteiger partial charge in [0.2, 0.25) is 0 Å². The number of nitrogens with one attached hydrogen (secondary N) is 1. The third-order valence-electron chi connectivity index (χ3n) is 2.39. The van der Waals surface area contributed by atoms with Gasteiger partial charge in [-0.3, -0.25) is 4.68 Å². The van der Waals surface area contributed by atoms with E-state index in [1.165, 1.54) is 6.07 Å². The molecular weight excluding hydrogens is 252 g/mol. The number of pyridine rings is 1. The van der Waals surface area contributed by atoms with Crippen LogP contribution in [0.25, 0.3) is 0 Å². The number of rotatable bonds is 4. The summed E-state index contributed by atoms with van der Waals surface area (Å²) in [6, 6.07) is 3.12. The average molecular weight is 266 g/mol. The molecule has 0 saturated heterocycles. The van der Waals surface area contributed by atoms with Gasteiger partial charge >= 0.3 is 0 Å². The van der Waals surface area contributed by atoms with Crippen molar-refractivity contribution in [2.75, 3.05) is 11.6 Å². The zero-order valence-corrected chi connectivity index (χ0v) is 11.0. The lowest BCUT2D eigenvalue weighted by Gasteiger charge is -2.07. The molecule has 1 N–H and O–H groups in total. The number of anilines is 2. The van der Waals surface area contributed by atoms with E-state index < -0.39 is 9.84 Å². The Kier molecular flexibility index (Phi) is 3.33. The van der Waals surface area contributed by atoms with Gasteiger partial charge in [0.25, 0.3) is 0 Å². The van der Waals surface area contributed by atoms with E-state index in [4.69, 9.17) is 0 Å². The van der Waals surface area contributed by atoms with Crippen LogP contribution in [0.4, 0.5) is 11.5 Å². The maximum Gasteiger partial charge on any atom is 0.179 e. The Hall–Kier alpha value is -1.89. The maximum atomic E-state index is 11.6. The van der Waals surface area contributed by atoms with Crippen molar-refractivity contribution in [2.24, 2.45) is 0 Å². The van der Waals surface area contributed by atoms with Crippen molar-refractivity contribution in [3.05, 3.63) is 30.7 Å². The van der Waals surface area contributed by atoms with E-state index >= 15 is 0 Å². The molecule has 0 radical (unpaired) electrons. The van der Waals surface area contributed by atoms with Gasteiger partial charge in [-0.1, -0.05) is 0 Å². The summed E-state index contributed by atoms with van der Waals surface area (Å²) in [5.74, 6) is 0.315. The van der Waals surface area contributed by atoms with Crippen LogP contribution in [-0.4, -0.2) is 29.4 Å². The zero-order chi connectivity index (χ0) is 13.2. The van der Waals surface area contributed by atoms with Crippen LogP contribution in [0.5, 0.6) is 0 Å². The fourth-order valence-corrected chi connectivity index (χ4v) is 2.30. The van der Waals surface area contributed by atoms with Gasteiger partial charge in [0.05, 0.1) is 11.9 Å². The SMILES string of the molecule is CCn1cc(Nc2ncccc2S(C)(=O)=O)cn1. The van der Waals surface area contributed by atoms with E-state index in [1.54, 1.807) is 29.3 Å². The van der Waals surface area contributed by atoms with Gasteiger partial charge in [0, 0.05) is 25.2 Å². The molecular formula is C11H14N4O2S.